The molecule has 1 N–H and O–H groups in total. The number of sulfonamides is 1. The van der Waals surface area contributed by atoms with Crippen molar-refractivity contribution in [2.75, 3.05) is 18.4 Å². The maximum absolute atomic E-state index is 14.8. The number of rotatable bonds is 5. The molecule has 9 heteroatoms. The number of fused-ring (bicyclic) bond motifs is 1. The zero-order chi connectivity index (χ0) is 24.4. The minimum Gasteiger partial charge on any atom is -0.298 e. The molecule has 0 saturated carbocycles. The fourth-order valence-electron chi connectivity index (χ4n) is 4.03. The van der Waals surface area contributed by atoms with E-state index in [0.717, 1.165) is 15.8 Å². The van der Waals surface area contributed by atoms with Crippen LogP contribution >= 0.6 is 11.3 Å². The molecule has 1 aliphatic rings. The molecular weight excluding hydrogens is 485 g/mol. The summed E-state index contributed by atoms with van der Waals surface area (Å²) in [5.74, 6) is -1.18. The lowest BCUT2D eigenvalue weighted by molar-refractivity contribution is 0.102. The Balaban J connectivity index is 1.25. The number of nitrogens with zero attached hydrogens (tertiary/aromatic N) is 2. The van der Waals surface area contributed by atoms with Crippen molar-refractivity contribution >= 4 is 48.7 Å². The second-order valence-corrected chi connectivity index (χ2v) is 11.2. The molecular formula is C26H22FN3O3S2. The van der Waals surface area contributed by atoms with Gasteiger partial charge in [0, 0.05) is 13.1 Å². The molecule has 2 heterocycles. The highest BCUT2D eigenvalue weighted by molar-refractivity contribution is 7.89. The highest BCUT2D eigenvalue weighted by Crippen LogP contribution is 2.27. The van der Waals surface area contributed by atoms with Crippen molar-refractivity contribution in [1.82, 2.24) is 9.29 Å². The van der Waals surface area contributed by atoms with E-state index in [1.165, 1.54) is 27.8 Å². The molecule has 0 radical (unpaired) electrons. The average Bonchev–Trinajstić information content (AvgIpc) is 3.27. The van der Waals surface area contributed by atoms with Crippen molar-refractivity contribution < 1.29 is 17.6 Å². The summed E-state index contributed by atoms with van der Waals surface area (Å²) in [6.45, 7) is 0.738. The number of amides is 1. The van der Waals surface area contributed by atoms with E-state index < -0.39 is 21.7 Å². The second-order valence-electron chi connectivity index (χ2n) is 8.20. The van der Waals surface area contributed by atoms with E-state index in [9.17, 15) is 17.6 Å². The maximum atomic E-state index is 14.8. The quantitative estimate of drug-likeness (QED) is 0.384. The number of thiazole rings is 1. The van der Waals surface area contributed by atoms with E-state index in [1.54, 1.807) is 36.4 Å². The normalized spacial score (nSPS) is 14.7. The highest BCUT2D eigenvalue weighted by Gasteiger charge is 2.27. The van der Waals surface area contributed by atoms with Crippen molar-refractivity contribution in [2.45, 2.75) is 17.7 Å². The fourth-order valence-corrected chi connectivity index (χ4v) is 6.35. The Labute approximate surface area is 206 Å². The SMILES string of the molecule is O=C(Nc1nc2ccccc2s1)c1ccc(C=C2CCN(S(=O)(=O)c3ccccc3)CC2)cc1F. The van der Waals surface area contributed by atoms with E-state index in [2.05, 4.69) is 10.3 Å². The molecule has 1 fully saturated rings. The number of hydrogen-bond acceptors (Lipinski definition) is 5. The van der Waals surface area contributed by atoms with Crippen molar-refractivity contribution in [3.63, 3.8) is 0 Å². The summed E-state index contributed by atoms with van der Waals surface area (Å²) in [5, 5.41) is 3.09. The molecule has 1 amide bonds. The number of carbonyl (C=O) groups is 1. The van der Waals surface area contributed by atoms with Crippen molar-refractivity contribution in [2.24, 2.45) is 0 Å². The Morgan fingerprint density at radius 2 is 1.71 bits per heavy atom. The summed E-state index contributed by atoms with van der Waals surface area (Å²) >= 11 is 1.33. The summed E-state index contributed by atoms with van der Waals surface area (Å²) in [4.78, 5) is 17.2. The van der Waals surface area contributed by atoms with Gasteiger partial charge in [0.15, 0.2) is 5.13 Å². The van der Waals surface area contributed by atoms with Gasteiger partial charge in [0.1, 0.15) is 5.82 Å². The summed E-state index contributed by atoms with van der Waals surface area (Å²) in [7, 11) is -3.52. The van der Waals surface area contributed by atoms with Crippen LogP contribution in [0.2, 0.25) is 0 Å². The minimum absolute atomic E-state index is 0.0600. The van der Waals surface area contributed by atoms with Crippen LogP contribution in [0, 0.1) is 5.82 Å². The lowest BCUT2D eigenvalue weighted by Gasteiger charge is -2.27. The molecule has 0 unspecified atom stereocenters. The largest absolute Gasteiger partial charge is 0.298 e. The first-order chi connectivity index (χ1) is 16.9. The standard InChI is InChI=1S/C26H22FN3O3S2/c27-22-17-19(10-11-21(22)25(31)29-26-28-23-8-4-5-9-24(23)34-26)16-18-12-14-30(15-13-18)35(32,33)20-6-2-1-3-7-20/h1-11,16-17H,12-15H2,(H,28,29,31). The monoisotopic (exact) mass is 507 g/mol. The summed E-state index contributed by atoms with van der Waals surface area (Å²) in [6, 6.07) is 20.4. The van der Waals surface area contributed by atoms with Gasteiger partial charge in [-0.1, -0.05) is 59.4 Å². The van der Waals surface area contributed by atoms with Gasteiger partial charge in [-0.3, -0.25) is 10.1 Å². The number of anilines is 1. The van der Waals surface area contributed by atoms with Crippen LogP contribution in [0.3, 0.4) is 0 Å². The van der Waals surface area contributed by atoms with Gasteiger partial charge in [-0.15, -0.1) is 0 Å². The third-order valence-corrected chi connectivity index (χ3v) is 8.73. The van der Waals surface area contributed by atoms with Crippen molar-refractivity contribution in [3.05, 3.63) is 95.3 Å². The molecule has 0 aliphatic carbocycles. The molecule has 5 rings (SSSR count). The molecule has 0 bridgehead atoms. The van der Waals surface area contributed by atoms with Crippen LogP contribution in [0.1, 0.15) is 28.8 Å². The number of nitrogens with one attached hydrogen (secondary N) is 1. The smallest absolute Gasteiger partial charge is 0.260 e. The van der Waals surface area contributed by atoms with Gasteiger partial charge in [-0.2, -0.15) is 4.31 Å². The first-order valence-corrected chi connectivity index (χ1v) is 13.4. The molecule has 6 nitrogen and oxygen atoms in total. The predicted molar refractivity (Wildman–Crippen MR) is 136 cm³/mol. The topological polar surface area (TPSA) is 79.4 Å². The van der Waals surface area contributed by atoms with Gasteiger partial charge >= 0.3 is 0 Å². The fraction of sp³-hybridized carbons (Fsp3) is 0.154. The zero-order valence-corrected chi connectivity index (χ0v) is 20.3. The Morgan fingerprint density at radius 1 is 1.00 bits per heavy atom. The number of halogens is 1. The van der Waals surface area contributed by atoms with E-state index >= 15 is 0 Å². The van der Waals surface area contributed by atoms with Gasteiger partial charge in [0.25, 0.3) is 5.91 Å². The van der Waals surface area contributed by atoms with E-state index in [0.29, 0.717) is 36.6 Å². The van der Waals surface area contributed by atoms with Gasteiger partial charge < -0.3 is 0 Å². The first kappa shape index (κ1) is 23.3. The van der Waals surface area contributed by atoms with Gasteiger partial charge in [0.05, 0.1) is 20.7 Å². The minimum atomic E-state index is -3.52. The molecule has 1 aromatic heterocycles. The van der Waals surface area contributed by atoms with E-state index in [4.69, 9.17) is 0 Å². The highest BCUT2D eigenvalue weighted by atomic mass is 32.2. The number of hydrogen-bond donors (Lipinski definition) is 1. The summed E-state index contributed by atoms with van der Waals surface area (Å²) < 4.78 is 42.8. The molecule has 0 spiro atoms. The van der Waals surface area contributed by atoms with Crippen LogP contribution in [0.15, 0.2) is 83.3 Å². The summed E-state index contributed by atoms with van der Waals surface area (Å²) in [5.41, 5.74) is 2.39. The van der Waals surface area contributed by atoms with Crippen LogP contribution in [-0.4, -0.2) is 36.7 Å². The molecule has 178 valence electrons. The lowest BCUT2D eigenvalue weighted by atomic mass is 10.0. The predicted octanol–water partition coefficient (Wildman–Crippen LogP) is 5.56. The number of para-hydroxylation sites is 1. The van der Waals surface area contributed by atoms with E-state index in [-0.39, 0.29) is 10.5 Å². The Morgan fingerprint density at radius 3 is 2.43 bits per heavy atom. The Bertz CT molecular complexity index is 1490. The molecule has 1 aliphatic heterocycles. The molecule has 1 saturated heterocycles. The second kappa shape index (κ2) is 9.69. The van der Waals surface area contributed by atoms with Crippen LogP contribution in [0.4, 0.5) is 9.52 Å². The van der Waals surface area contributed by atoms with Gasteiger partial charge in [-0.05, 0) is 54.8 Å². The van der Waals surface area contributed by atoms with Crippen molar-refractivity contribution in [1.29, 1.82) is 0 Å². The van der Waals surface area contributed by atoms with Crippen molar-refractivity contribution in [3.8, 4) is 0 Å². The Kier molecular flexibility index (Phi) is 6.46. The third kappa shape index (κ3) is 5.02. The molecule has 3 aromatic carbocycles. The molecule has 0 atom stereocenters. The van der Waals surface area contributed by atoms with Crippen LogP contribution in [-0.2, 0) is 10.0 Å². The number of aromatic nitrogens is 1. The maximum Gasteiger partial charge on any atom is 0.260 e. The third-order valence-electron chi connectivity index (χ3n) is 5.87. The van der Waals surface area contributed by atoms with Gasteiger partial charge in [-0.25, -0.2) is 17.8 Å². The van der Waals surface area contributed by atoms with Gasteiger partial charge in [0.2, 0.25) is 10.0 Å². The van der Waals surface area contributed by atoms with Crippen LogP contribution < -0.4 is 5.32 Å². The van der Waals surface area contributed by atoms with Crippen LogP contribution in [0.25, 0.3) is 16.3 Å². The zero-order valence-electron chi connectivity index (χ0n) is 18.6. The number of carbonyl (C=O) groups excluding carboxylic acids is 1. The van der Waals surface area contributed by atoms with E-state index in [1.807, 2.05) is 30.3 Å². The average molecular weight is 508 g/mol. The Hall–Kier alpha value is -3.40. The number of benzene rings is 3. The first-order valence-electron chi connectivity index (χ1n) is 11.1. The summed E-state index contributed by atoms with van der Waals surface area (Å²) in [6.07, 6.45) is 2.99. The van der Waals surface area contributed by atoms with Crippen LogP contribution in [0.5, 0.6) is 0 Å². The lowest BCUT2D eigenvalue weighted by Crippen LogP contribution is -2.36. The molecule has 4 aromatic rings. The molecule has 35 heavy (non-hydrogen) atoms. The number of piperidine rings is 1.